The normalized spacial score (nSPS) is 18.2. The lowest BCUT2D eigenvalue weighted by molar-refractivity contribution is 0.149. The number of nitrogens with one attached hydrogen (secondary N) is 1. The van der Waals surface area contributed by atoms with Gasteiger partial charge in [0, 0.05) is 18.9 Å². The Kier molecular flexibility index (Phi) is 6.33. The fourth-order valence-corrected chi connectivity index (χ4v) is 4.05. The molecule has 0 unspecified atom stereocenters. The van der Waals surface area contributed by atoms with Gasteiger partial charge >= 0.3 is 6.01 Å². The van der Waals surface area contributed by atoms with Crippen LogP contribution in [-0.2, 0) is 16.6 Å². The molecule has 10 nitrogen and oxygen atoms in total. The number of nitrogens with two attached hydrogens (primary N) is 1. The van der Waals surface area contributed by atoms with Crippen LogP contribution in [-0.4, -0.2) is 39.8 Å². The number of sulfonamides is 1. The van der Waals surface area contributed by atoms with Crippen molar-refractivity contribution in [1.29, 1.82) is 0 Å². The highest BCUT2D eigenvalue weighted by Crippen LogP contribution is 2.41. The Balaban J connectivity index is 1.27. The first-order valence-electron chi connectivity index (χ1n) is 10.3. The van der Waals surface area contributed by atoms with Gasteiger partial charge < -0.3 is 10.1 Å². The van der Waals surface area contributed by atoms with Crippen molar-refractivity contribution in [3.8, 4) is 6.01 Å². The third-order valence-corrected chi connectivity index (χ3v) is 6.22. The Morgan fingerprint density at radius 2 is 2.00 bits per heavy atom. The molecule has 0 aliphatic heterocycles. The summed E-state index contributed by atoms with van der Waals surface area (Å²) in [5, 5.41) is 12.0. The zero-order chi connectivity index (χ0) is 22.7. The lowest BCUT2D eigenvalue weighted by atomic mass is 9.72. The minimum absolute atomic E-state index is 0.0565. The molecule has 1 aliphatic carbocycles. The SMILES string of the molecule is CCCn1cnc(OCC2CC(c3cnc(Nc4ccc(S(N)(=O)=O)cc4F)nc3)C2)n1. The molecule has 0 spiro atoms. The van der Waals surface area contributed by atoms with E-state index in [2.05, 4.69) is 32.3 Å². The number of anilines is 2. The van der Waals surface area contributed by atoms with Crippen molar-refractivity contribution >= 4 is 21.7 Å². The zero-order valence-corrected chi connectivity index (χ0v) is 18.3. The zero-order valence-electron chi connectivity index (χ0n) is 17.5. The van der Waals surface area contributed by atoms with Gasteiger partial charge in [-0.05, 0) is 54.9 Å². The Labute approximate surface area is 185 Å². The van der Waals surface area contributed by atoms with Gasteiger partial charge in [0.2, 0.25) is 16.0 Å². The number of hydrogen-bond donors (Lipinski definition) is 2. The van der Waals surface area contributed by atoms with Crippen LogP contribution in [0.15, 0.2) is 41.8 Å². The van der Waals surface area contributed by atoms with Gasteiger partial charge in [-0.3, -0.25) is 0 Å². The summed E-state index contributed by atoms with van der Waals surface area (Å²) in [5.74, 6) is 0.209. The molecule has 0 saturated heterocycles. The molecule has 1 fully saturated rings. The molecular formula is C20H24FN7O3S. The molecule has 1 aromatic carbocycles. The van der Waals surface area contributed by atoms with Crippen molar-refractivity contribution in [2.75, 3.05) is 11.9 Å². The minimum atomic E-state index is -3.97. The first-order valence-corrected chi connectivity index (χ1v) is 11.8. The van der Waals surface area contributed by atoms with Crippen LogP contribution < -0.4 is 15.2 Å². The van der Waals surface area contributed by atoms with Crippen molar-refractivity contribution < 1.29 is 17.5 Å². The maximum atomic E-state index is 14.2. The van der Waals surface area contributed by atoms with Crippen molar-refractivity contribution in [2.45, 2.75) is 43.5 Å². The van der Waals surface area contributed by atoms with Gasteiger partial charge in [-0.25, -0.2) is 32.6 Å². The molecule has 4 rings (SSSR count). The maximum Gasteiger partial charge on any atom is 0.335 e. The molecule has 0 amide bonds. The van der Waals surface area contributed by atoms with E-state index in [9.17, 15) is 12.8 Å². The van der Waals surface area contributed by atoms with Crippen molar-refractivity contribution in [1.82, 2.24) is 24.7 Å². The number of benzene rings is 1. The molecule has 12 heteroatoms. The van der Waals surface area contributed by atoms with Gasteiger partial charge in [0.15, 0.2) is 0 Å². The van der Waals surface area contributed by atoms with Crippen LogP contribution in [0.1, 0.15) is 37.7 Å². The first kappa shape index (κ1) is 22.1. The summed E-state index contributed by atoms with van der Waals surface area (Å²) in [4.78, 5) is 12.3. The maximum absolute atomic E-state index is 14.2. The molecule has 32 heavy (non-hydrogen) atoms. The topological polar surface area (TPSA) is 138 Å². The van der Waals surface area contributed by atoms with E-state index in [1.54, 1.807) is 23.4 Å². The van der Waals surface area contributed by atoms with E-state index in [-0.39, 0.29) is 16.5 Å². The number of nitrogens with zero attached hydrogens (tertiary/aromatic N) is 5. The number of aromatic nitrogens is 5. The predicted octanol–water partition coefficient (Wildman–Crippen LogP) is 2.58. The van der Waals surface area contributed by atoms with Crippen LogP contribution in [0.4, 0.5) is 16.0 Å². The number of primary sulfonamides is 1. The molecule has 0 radical (unpaired) electrons. The molecular weight excluding hydrogens is 437 g/mol. The molecule has 2 heterocycles. The molecule has 1 saturated carbocycles. The third kappa shape index (κ3) is 5.19. The Morgan fingerprint density at radius 3 is 2.66 bits per heavy atom. The standard InChI is InChI=1S/C20H24FN7O3S/c1-2-5-28-12-25-20(27-28)31-11-13-6-14(7-13)15-9-23-19(24-10-15)26-18-4-3-16(8-17(18)21)32(22,29)30/h3-4,8-10,12-14H,2,5-7,11H2,1H3,(H2,22,29,30)(H,23,24,26). The second-order valence-corrected chi connectivity index (χ2v) is 9.35. The van der Waals surface area contributed by atoms with Gasteiger partial charge in [-0.15, -0.1) is 5.10 Å². The number of rotatable bonds is 9. The fraction of sp³-hybridized carbons (Fsp3) is 0.400. The Bertz CT molecular complexity index is 1180. The van der Waals surface area contributed by atoms with Crippen LogP contribution in [0.3, 0.4) is 0 Å². The fourth-order valence-electron chi connectivity index (χ4n) is 3.52. The van der Waals surface area contributed by atoms with E-state index in [0.29, 0.717) is 24.5 Å². The molecule has 3 aromatic rings. The summed E-state index contributed by atoms with van der Waals surface area (Å²) < 4.78 is 44.2. The Morgan fingerprint density at radius 1 is 1.25 bits per heavy atom. The molecule has 0 bridgehead atoms. The lowest BCUT2D eigenvalue weighted by Gasteiger charge is -2.34. The highest BCUT2D eigenvalue weighted by molar-refractivity contribution is 7.89. The average molecular weight is 462 g/mol. The molecule has 1 aliphatic rings. The summed E-state index contributed by atoms with van der Waals surface area (Å²) in [7, 11) is -3.97. The van der Waals surface area contributed by atoms with Crippen LogP contribution >= 0.6 is 0 Å². The van der Waals surface area contributed by atoms with Crippen molar-refractivity contribution in [3.63, 3.8) is 0 Å². The van der Waals surface area contributed by atoms with Crippen molar-refractivity contribution in [2.24, 2.45) is 11.1 Å². The van der Waals surface area contributed by atoms with Gasteiger partial charge in [0.05, 0.1) is 17.2 Å². The van der Waals surface area contributed by atoms with E-state index in [1.165, 1.54) is 12.1 Å². The predicted molar refractivity (Wildman–Crippen MR) is 114 cm³/mol. The lowest BCUT2D eigenvalue weighted by Crippen LogP contribution is -2.27. The van der Waals surface area contributed by atoms with Gasteiger partial charge in [0.1, 0.15) is 12.1 Å². The molecule has 3 N–H and O–H groups in total. The second kappa shape index (κ2) is 9.17. The van der Waals surface area contributed by atoms with Gasteiger partial charge in [-0.2, -0.15) is 4.98 Å². The Hall–Kier alpha value is -3.12. The van der Waals surface area contributed by atoms with Crippen LogP contribution in [0, 0.1) is 11.7 Å². The van der Waals surface area contributed by atoms with Gasteiger partial charge in [0.25, 0.3) is 0 Å². The number of halogens is 1. The summed E-state index contributed by atoms with van der Waals surface area (Å²) in [6.45, 7) is 3.47. The summed E-state index contributed by atoms with van der Waals surface area (Å²) in [5.41, 5.74) is 1.06. The van der Waals surface area contributed by atoms with E-state index in [0.717, 1.165) is 37.4 Å². The smallest absolute Gasteiger partial charge is 0.335 e. The molecule has 0 atom stereocenters. The quantitative estimate of drug-likeness (QED) is 0.496. The van der Waals surface area contributed by atoms with E-state index < -0.39 is 15.8 Å². The first-order chi connectivity index (χ1) is 15.3. The minimum Gasteiger partial charge on any atom is -0.462 e. The highest BCUT2D eigenvalue weighted by Gasteiger charge is 2.31. The van der Waals surface area contributed by atoms with E-state index in [4.69, 9.17) is 9.88 Å². The van der Waals surface area contributed by atoms with E-state index >= 15 is 0 Å². The van der Waals surface area contributed by atoms with Crippen LogP contribution in [0.2, 0.25) is 0 Å². The highest BCUT2D eigenvalue weighted by atomic mass is 32.2. The van der Waals surface area contributed by atoms with Crippen LogP contribution in [0.25, 0.3) is 0 Å². The summed E-state index contributed by atoms with van der Waals surface area (Å²) in [6, 6.07) is 3.76. The average Bonchev–Trinajstić information content (AvgIpc) is 3.16. The third-order valence-electron chi connectivity index (χ3n) is 5.31. The number of hydrogen-bond acceptors (Lipinski definition) is 8. The number of aryl methyl sites for hydroxylation is 1. The number of ether oxygens (including phenoxy) is 1. The van der Waals surface area contributed by atoms with Gasteiger partial charge in [-0.1, -0.05) is 6.92 Å². The van der Waals surface area contributed by atoms with E-state index in [1.807, 2.05) is 0 Å². The van der Waals surface area contributed by atoms with Crippen LogP contribution in [0.5, 0.6) is 6.01 Å². The van der Waals surface area contributed by atoms with Crippen molar-refractivity contribution in [3.05, 3.63) is 48.3 Å². The largest absolute Gasteiger partial charge is 0.462 e. The second-order valence-electron chi connectivity index (χ2n) is 7.79. The molecule has 2 aromatic heterocycles. The summed E-state index contributed by atoms with van der Waals surface area (Å²) in [6.07, 6.45) is 7.99. The summed E-state index contributed by atoms with van der Waals surface area (Å²) >= 11 is 0. The molecule has 170 valence electrons. The monoisotopic (exact) mass is 461 g/mol.